The van der Waals surface area contributed by atoms with Crippen molar-refractivity contribution in [2.75, 3.05) is 0 Å². The Bertz CT molecular complexity index is 2270. The molecule has 0 saturated heterocycles. The molecule has 194 valence electrons. The third kappa shape index (κ3) is 3.40. The summed E-state index contributed by atoms with van der Waals surface area (Å²) in [6.45, 7) is 0. The van der Waals surface area contributed by atoms with Crippen LogP contribution in [0.2, 0.25) is 0 Å². The highest BCUT2D eigenvalue weighted by Gasteiger charge is 2.20. The van der Waals surface area contributed by atoms with Gasteiger partial charge >= 0.3 is 0 Å². The molecule has 2 aromatic heterocycles. The molecule has 0 saturated carbocycles. The average molecular weight is 535 g/mol. The van der Waals surface area contributed by atoms with Crippen molar-refractivity contribution in [1.29, 1.82) is 10.5 Å². The van der Waals surface area contributed by atoms with Crippen LogP contribution in [-0.2, 0) is 0 Å². The fourth-order valence-corrected chi connectivity index (χ4v) is 6.40. The summed E-state index contributed by atoms with van der Waals surface area (Å²) in [6, 6.07) is 50.2. The van der Waals surface area contributed by atoms with E-state index in [0.29, 0.717) is 11.1 Å². The molecule has 0 aliphatic heterocycles. The predicted molar refractivity (Wildman–Crippen MR) is 170 cm³/mol. The number of nitriles is 2. The highest BCUT2D eigenvalue weighted by molar-refractivity contribution is 6.11. The number of hydrogen-bond donors (Lipinski definition) is 0. The molecule has 0 atom stereocenters. The predicted octanol–water partition coefficient (Wildman–Crippen LogP) is 9.29. The van der Waals surface area contributed by atoms with Gasteiger partial charge in [-0.05, 0) is 60.7 Å². The summed E-state index contributed by atoms with van der Waals surface area (Å²) in [6.07, 6.45) is 0. The summed E-state index contributed by atoms with van der Waals surface area (Å²) in [4.78, 5) is 0. The second kappa shape index (κ2) is 9.24. The van der Waals surface area contributed by atoms with Crippen LogP contribution in [0.15, 0.2) is 133 Å². The van der Waals surface area contributed by atoms with Crippen LogP contribution in [0.25, 0.3) is 66.1 Å². The zero-order chi connectivity index (χ0) is 28.2. The SMILES string of the molecule is N#Cc1ccc2c(c1)c1ccccc1n2-c1ccccc1-c1ccccc1-n1c2ccccc2c2cc(C#N)ccc21. The molecule has 0 unspecified atom stereocenters. The molecule has 0 aliphatic carbocycles. The van der Waals surface area contributed by atoms with E-state index in [9.17, 15) is 10.5 Å². The minimum Gasteiger partial charge on any atom is -0.309 e. The first kappa shape index (κ1) is 23.8. The molecule has 4 heteroatoms. The Morgan fingerprint density at radius 1 is 0.381 bits per heavy atom. The van der Waals surface area contributed by atoms with Crippen LogP contribution in [-0.4, -0.2) is 9.13 Å². The van der Waals surface area contributed by atoms with E-state index in [0.717, 1.165) is 66.1 Å². The molecule has 6 aromatic carbocycles. The quantitative estimate of drug-likeness (QED) is 0.227. The number of para-hydroxylation sites is 4. The largest absolute Gasteiger partial charge is 0.309 e. The van der Waals surface area contributed by atoms with Gasteiger partial charge in [0.25, 0.3) is 0 Å². The molecule has 0 N–H and O–H groups in total. The summed E-state index contributed by atoms with van der Waals surface area (Å²) >= 11 is 0. The van der Waals surface area contributed by atoms with Crippen LogP contribution in [0.1, 0.15) is 11.1 Å². The van der Waals surface area contributed by atoms with Gasteiger partial charge in [-0.3, -0.25) is 0 Å². The maximum atomic E-state index is 9.61. The molecule has 8 rings (SSSR count). The Kier molecular flexibility index (Phi) is 5.22. The monoisotopic (exact) mass is 534 g/mol. The topological polar surface area (TPSA) is 57.4 Å². The minimum atomic E-state index is 0.648. The zero-order valence-corrected chi connectivity index (χ0v) is 22.5. The normalized spacial score (nSPS) is 11.3. The van der Waals surface area contributed by atoms with Gasteiger partial charge in [0, 0.05) is 32.7 Å². The second-order valence-corrected chi connectivity index (χ2v) is 10.4. The molecule has 0 fully saturated rings. The molecule has 4 nitrogen and oxygen atoms in total. The summed E-state index contributed by atoms with van der Waals surface area (Å²) < 4.78 is 4.62. The molecular weight excluding hydrogens is 512 g/mol. The van der Waals surface area contributed by atoms with E-state index in [1.807, 2.05) is 36.4 Å². The first-order valence-electron chi connectivity index (χ1n) is 13.8. The van der Waals surface area contributed by atoms with E-state index in [-0.39, 0.29) is 0 Å². The van der Waals surface area contributed by atoms with E-state index >= 15 is 0 Å². The molecule has 8 aromatic rings. The Labute approximate surface area is 242 Å². The van der Waals surface area contributed by atoms with Crippen molar-refractivity contribution in [3.63, 3.8) is 0 Å². The van der Waals surface area contributed by atoms with Gasteiger partial charge < -0.3 is 9.13 Å². The van der Waals surface area contributed by atoms with E-state index < -0.39 is 0 Å². The minimum absolute atomic E-state index is 0.648. The van der Waals surface area contributed by atoms with Gasteiger partial charge in [-0.25, -0.2) is 0 Å². The Morgan fingerprint density at radius 3 is 1.21 bits per heavy atom. The first-order valence-corrected chi connectivity index (χ1v) is 13.8. The molecule has 42 heavy (non-hydrogen) atoms. The zero-order valence-electron chi connectivity index (χ0n) is 22.5. The van der Waals surface area contributed by atoms with Crippen LogP contribution in [0.3, 0.4) is 0 Å². The van der Waals surface area contributed by atoms with Crippen LogP contribution in [0.5, 0.6) is 0 Å². The number of benzene rings is 6. The lowest BCUT2D eigenvalue weighted by molar-refractivity contribution is 1.16. The van der Waals surface area contributed by atoms with Crippen molar-refractivity contribution in [1.82, 2.24) is 9.13 Å². The number of aromatic nitrogens is 2. The molecule has 2 heterocycles. The number of rotatable bonds is 3. The lowest BCUT2D eigenvalue weighted by Crippen LogP contribution is -2.01. The summed E-state index contributed by atoms with van der Waals surface area (Å²) in [5.41, 5.74) is 9.91. The number of hydrogen-bond acceptors (Lipinski definition) is 2. The summed E-state index contributed by atoms with van der Waals surface area (Å²) in [7, 11) is 0. The van der Waals surface area contributed by atoms with E-state index in [1.165, 1.54) is 0 Å². The fourth-order valence-electron chi connectivity index (χ4n) is 6.40. The van der Waals surface area contributed by atoms with Crippen LogP contribution < -0.4 is 0 Å². The van der Waals surface area contributed by atoms with Crippen molar-refractivity contribution in [2.45, 2.75) is 0 Å². The van der Waals surface area contributed by atoms with Gasteiger partial charge in [0.05, 0.1) is 56.7 Å². The molecule has 0 aliphatic rings. The van der Waals surface area contributed by atoms with Gasteiger partial charge in [-0.2, -0.15) is 10.5 Å². The number of fused-ring (bicyclic) bond motifs is 6. The maximum absolute atomic E-state index is 9.61. The lowest BCUT2D eigenvalue weighted by Gasteiger charge is -2.18. The van der Waals surface area contributed by atoms with Gasteiger partial charge in [-0.15, -0.1) is 0 Å². The van der Waals surface area contributed by atoms with Crippen molar-refractivity contribution in [2.24, 2.45) is 0 Å². The molecule has 0 radical (unpaired) electrons. The van der Waals surface area contributed by atoms with Gasteiger partial charge in [-0.1, -0.05) is 72.8 Å². The fraction of sp³-hybridized carbons (Fsp3) is 0. The number of nitrogens with zero attached hydrogens (tertiary/aromatic N) is 4. The van der Waals surface area contributed by atoms with Gasteiger partial charge in [0.2, 0.25) is 0 Å². The van der Waals surface area contributed by atoms with Gasteiger partial charge in [0.1, 0.15) is 0 Å². The maximum Gasteiger partial charge on any atom is 0.0991 e. The molecular formula is C38H22N4. The third-order valence-corrected chi connectivity index (χ3v) is 8.18. The van der Waals surface area contributed by atoms with E-state index in [4.69, 9.17) is 0 Å². The average Bonchev–Trinajstić information content (AvgIpc) is 3.56. The molecule has 0 amide bonds. The Hall–Kier alpha value is -6.10. The summed E-state index contributed by atoms with van der Waals surface area (Å²) in [5, 5.41) is 23.6. The van der Waals surface area contributed by atoms with Crippen LogP contribution in [0.4, 0.5) is 0 Å². The Balaban J connectivity index is 1.45. The van der Waals surface area contributed by atoms with Gasteiger partial charge in [0.15, 0.2) is 0 Å². The van der Waals surface area contributed by atoms with Crippen LogP contribution in [0, 0.1) is 22.7 Å². The standard InChI is InChI=1S/C38H22N4/c39-23-25-17-19-37-31(21-25)29-11-3-7-15-35(29)41(37)33-13-5-1-9-27(33)28-10-2-6-14-34(28)42-36-16-8-4-12-30(36)32-22-26(24-40)18-20-38(32)42/h1-22H. The van der Waals surface area contributed by atoms with Crippen molar-refractivity contribution >= 4 is 43.6 Å². The highest BCUT2D eigenvalue weighted by atomic mass is 15.0. The smallest absolute Gasteiger partial charge is 0.0991 e. The summed E-state index contributed by atoms with van der Waals surface area (Å²) in [5.74, 6) is 0. The third-order valence-electron chi connectivity index (χ3n) is 8.18. The van der Waals surface area contributed by atoms with E-state index in [2.05, 4.69) is 118 Å². The Morgan fingerprint density at radius 2 is 0.762 bits per heavy atom. The molecule has 0 spiro atoms. The van der Waals surface area contributed by atoms with Crippen molar-refractivity contribution < 1.29 is 0 Å². The van der Waals surface area contributed by atoms with Crippen LogP contribution >= 0.6 is 0 Å². The van der Waals surface area contributed by atoms with E-state index in [1.54, 1.807) is 0 Å². The second-order valence-electron chi connectivity index (χ2n) is 10.4. The van der Waals surface area contributed by atoms with Crippen molar-refractivity contribution in [3.05, 3.63) is 145 Å². The first-order chi connectivity index (χ1) is 20.8. The lowest BCUT2D eigenvalue weighted by atomic mass is 10.0. The highest BCUT2D eigenvalue weighted by Crippen LogP contribution is 2.40. The van der Waals surface area contributed by atoms with Crippen molar-refractivity contribution in [3.8, 4) is 34.6 Å². The molecule has 0 bridgehead atoms.